The normalized spacial score (nSPS) is 11.2. The van der Waals surface area contributed by atoms with E-state index in [1.54, 1.807) is 30.3 Å². The summed E-state index contributed by atoms with van der Waals surface area (Å²) in [5.74, 6) is 0.117. The molecule has 0 unspecified atom stereocenters. The van der Waals surface area contributed by atoms with Crippen molar-refractivity contribution in [3.63, 3.8) is 0 Å². The molecular formula is C28H22F3NO4. The van der Waals surface area contributed by atoms with Gasteiger partial charge in [-0.2, -0.15) is 13.2 Å². The fourth-order valence-electron chi connectivity index (χ4n) is 3.70. The summed E-state index contributed by atoms with van der Waals surface area (Å²) in [6.07, 6.45) is -4.26. The number of nitrogens with one attached hydrogen (secondary N) is 1. The third-order valence-electron chi connectivity index (χ3n) is 5.53. The van der Waals surface area contributed by atoms with Crippen LogP contribution in [0.2, 0.25) is 0 Å². The second-order valence-electron chi connectivity index (χ2n) is 8.07. The number of carbonyl (C=O) groups is 2. The van der Waals surface area contributed by atoms with Gasteiger partial charge in [-0.3, -0.25) is 9.59 Å². The average molecular weight is 493 g/mol. The van der Waals surface area contributed by atoms with Gasteiger partial charge in [-0.15, -0.1) is 0 Å². The molecule has 36 heavy (non-hydrogen) atoms. The van der Waals surface area contributed by atoms with E-state index in [-0.39, 0.29) is 30.6 Å². The Labute approximate surface area is 205 Å². The van der Waals surface area contributed by atoms with Crippen molar-refractivity contribution >= 4 is 22.6 Å². The third kappa shape index (κ3) is 6.02. The Morgan fingerprint density at radius 3 is 2.31 bits per heavy atom. The Morgan fingerprint density at radius 1 is 0.861 bits per heavy atom. The summed E-state index contributed by atoms with van der Waals surface area (Å²) in [7, 11) is 1.33. The fraction of sp³-hybridized carbons (Fsp3) is 0.143. The minimum Gasteiger partial charge on any atom is -0.469 e. The summed E-state index contributed by atoms with van der Waals surface area (Å²) >= 11 is 0. The largest absolute Gasteiger partial charge is 0.469 e. The summed E-state index contributed by atoms with van der Waals surface area (Å²) in [6.45, 7) is 0.281. The zero-order chi connectivity index (χ0) is 25.7. The van der Waals surface area contributed by atoms with E-state index < -0.39 is 11.7 Å². The summed E-state index contributed by atoms with van der Waals surface area (Å²) in [6, 6.07) is 22.2. The maximum atomic E-state index is 12.8. The molecular weight excluding hydrogens is 471 g/mol. The predicted octanol–water partition coefficient (Wildman–Crippen LogP) is 6.30. The Balaban J connectivity index is 1.46. The number of hydrogen-bond acceptors (Lipinski definition) is 4. The van der Waals surface area contributed by atoms with Gasteiger partial charge in [0.25, 0.3) is 5.91 Å². The van der Waals surface area contributed by atoms with E-state index in [1.165, 1.54) is 19.2 Å². The number of halogens is 3. The fourth-order valence-corrected chi connectivity index (χ4v) is 3.70. The van der Waals surface area contributed by atoms with E-state index in [1.807, 2.05) is 30.3 Å². The molecule has 0 fully saturated rings. The highest BCUT2D eigenvalue weighted by atomic mass is 19.4. The van der Waals surface area contributed by atoms with Crippen molar-refractivity contribution < 1.29 is 32.2 Å². The van der Waals surface area contributed by atoms with Crippen molar-refractivity contribution in [3.8, 4) is 11.5 Å². The van der Waals surface area contributed by atoms with Crippen LogP contribution in [0, 0.1) is 0 Å². The van der Waals surface area contributed by atoms with Gasteiger partial charge < -0.3 is 14.8 Å². The number of alkyl halides is 3. The number of rotatable bonds is 7. The molecule has 4 rings (SSSR count). The second kappa shape index (κ2) is 10.5. The summed E-state index contributed by atoms with van der Waals surface area (Å²) < 4.78 is 48.9. The molecule has 184 valence electrons. The lowest BCUT2D eigenvalue weighted by Gasteiger charge is -2.12. The highest BCUT2D eigenvalue weighted by molar-refractivity contribution is 5.99. The highest BCUT2D eigenvalue weighted by Crippen LogP contribution is 2.33. The SMILES string of the molecule is COC(=O)Cc1cccc(CNC(=O)c2ccc3c(Oc4ccc(C(F)(F)F)cc4)cccc3c2)c1. The van der Waals surface area contributed by atoms with Crippen LogP contribution in [0.15, 0.2) is 84.9 Å². The Kier molecular flexibility index (Phi) is 7.24. The maximum Gasteiger partial charge on any atom is 0.416 e. The van der Waals surface area contributed by atoms with E-state index >= 15 is 0 Å². The molecule has 0 atom stereocenters. The van der Waals surface area contributed by atoms with Crippen LogP contribution in [-0.4, -0.2) is 19.0 Å². The smallest absolute Gasteiger partial charge is 0.416 e. The number of esters is 1. The van der Waals surface area contributed by atoms with Crippen LogP contribution < -0.4 is 10.1 Å². The van der Waals surface area contributed by atoms with Crippen LogP contribution in [0.1, 0.15) is 27.0 Å². The predicted molar refractivity (Wildman–Crippen MR) is 129 cm³/mol. The van der Waals surface area contributed by atoms with Gasteiger partial charge in [-0.25, -0.2) is 0 Å². The van der Waals surface area contributed by atoms with Gasteiger partial charge in [0.05, 0.1) is 19.1 Å². The van der Waals surface area contributed by atoms with Gasteiger partial charge in [-0.1, -0.05) is 36.4 Å². The molecule has 4 aromatic carbocycles. The molecule has 5 nitrogen and oxygen atoms in total. The number of fused-ring (bicyclic) bond motifs is 1. The average Bonchev–Trinajstić information content (AvgIpc) is 2.87. The van der Waals surface area contributed by atoms with E-state index in [9.17, 15) is 22.8 Å². The van der Waals surface area contributed by atoms with Gasteiger partial charge in [-0.05, 0) is 65.0 Å². The molecule has 0 saturated heterocycles. The molecule has 0 heterocycles. The van der Waals surface area contributed by atoms with Crippen LogP contribution in [0.5, 0.6) is 11.5 Å². The van der Waals surface area contributed by atoms with E-state index in [4.69, 9.17) is 4.74 Å². The van der Waals surface area contributed by atoms with Gasteiger partial charge in [0, 0.05) is 17.5 Å². The highest BCUT2D eigenvalue weighted by Gasteiger charge is 2.30. The van der Waals surface area contributed by atoms with E-state index in [0.29, 0.717) is 16.7 Å². The molecule has 1 amide bonds. The van der Waals surface area contributed by atoms with Gasteiger partial charge in [0.15, 0.2) is 0 Å². The first-order valence-corrected chi connectivity index (χ1v) is 11.0. The molecule has 8 heteroatoms. The van der Waals surface area contributed by atoms with Crippen LogP contribution in [0.25, 0.3) is 10.8 Å². The number of benzene rings is 4. The zero-order valence-electron chi connectivity index (χ0n) is 19.3. The molecule has 4 aromatic rings. The maximum absolute atomic E-state index is 12.8. The topological polar surface area (TPSA) is 64.6 Å². The third-order valence-corrected chi connectivity index (χ3v) is 5.53. The quantitative estimate of drug-likeness (QED) is 0.307. The minimum absolute atomic E-state index is 0.153. The van der Waals surface area contributed by atoms with Crippen molar-refractivity contribution in [3.05, 3.63) is 107 Å². The van der Waals surface area contributed by atoms with Gasteiger partial charge in [0.2, 0.25) is 0 Å². The minimum atomic E-state index is -4.42. The van der Waals surface area contributed by atoms with Gasteiger partial charge in [0.1, 0.15) is 11.5 Å². The molecule has 1 N–H and O–H groups in total. The van der Waals surface area contributed by atoms with Crippen molar-refractivity contribution in [1.82, 2.24) is 5.32 Å². The first kappa shape index (κ1) is 24.8. The molecule has 0 bridgehead atoms. The molecule has 0 aliphatic heterocycles. The van der Waals surface area contributed by atoms with Crippen molar-refractivity contribution in [2.24, 2.45) is 0 Å². The first-order valence-electron chi connectivity index (χ1n) is 11.0. The zero-order valence-corrected chi connectivity index (χ0v) is 19.3. The van der Waals surface area contributed by atoms with Crippen molar-refractivity contribution in [2.75, 3.05) is 7.11 Å². The molecule has 0 saturated carbocycles. The monoisotopic (exact) mass is 493 g/mol. The second-order valence-corrected chi connectivity index (χ2v) is 8.07. The number of amides is 1. The van der Waals surface area contributed by atoms with Crippen LogP contribution >= 0.6 is 0 Å². The van der Waals surface area contributed by atoms with E-state index in [2.05, 4.69) is 10.1 Å². The lowest BCUT2D eigenvalue weighted by atomic mass is 10.1. The lowest BCUT2D eigenvalue weighted by Crippen LogP contribution is -2.22. The first-order chi connectivity index (χ1) is 17.2. The van der Waals surface area contributed by atoms with Crippen molar-refractivity contribution in [2.45, 2.75) is 19.1 Å². The Bertz CT molecular complexity index is 1400. The number of ether oxygens (including phenoxy) is 2. The number of methoxy groups -OCH3 is 1. The summed E-state index contributed by atoms with van der Waals surface area (Å²) in [5.41, 5.74) is 1.33. The van der Waals surface area contributed by atoms with Crippen molar-refractivity contribution in [1.29, 1.82) is 0 Å². The lowest BCUT2D eigenvalue weighted by molar-refractivity contribution is -0.140. The Morgan fingerprint density at radius 2 is 1.58 bits per heavy atom. The molecule has 0 aromatic heterocycles. The Hall–Kier alpha value is -4.33. The molecule has 0 radical (unpaired) electrons. The number of hydrogen-bond donors (Lipinski definition) is 1. The standard InChI is InChI=1S/C28H22F3NO4/c1-35-26(33)15-18-4-2-5-19(14-18)17-32-27(34)21-8-13-24-20(16-21)6-3-7-25(24)36-23-11-9-22(10-12-23)28(29,30)31/h2-14,16H,15,17H2,1H3,(H,32,34). The van der Waals surface area contributed by atoms with Gasteiger partial charge >= 0.3 is 12.1 Å². The number of carbonyl (C=O) groups excluding carboxylic acids is 2. The van der Waals surface area contributed by atoms with Crippen LogP contribution in [-0.2, 0) is 28.7 Å². The molecule has 0 spiro atoms. The molecule has 0 aliphatic carbocycles. The van der Waals surface area contributed by atoms with E-state index in [0.717, 1.165) is 28.6 Å². The van der Waals surface area contributed by atoms with Crippen LogP contribution in [0.4, 0.5) is 13.2 Å². The van der Waals surface area contributed by atoms with Crippen LogP contribution in [0.3, 0.4) is 0 Å². The molecule has 0 aliphatic rings. The summed E-state index contributed by atoms with van der Waals surface area (Å²) in [4.78, 5) is 24.2. The summed E-state index contributed by atoms with van der Waals surface area (Å²) in [5, 5.41) is 4.32.